The smallest absolute Gasteiger partial charge is 0.0670 e. The van der Waals surface area contributed by atoms with Crippen molar-refractivity contribution in [1.82, 2.24) is 4.90 Å². The average molecular weight is 200 g/mol. The first-order valence-electron chi connectivity index (χ1n) is 5.71. The fraction of sp³-hybridized carbons (Fsp3) is 1.00. The lowest BCUT2D eigenvalue weighted by atomic mass is 9.95. The minimum absolute atomic E-state index is 0.353. The maximum absolute atomic E-state index is 5.59. The first-order chi connectivity index (χ1) is 6.76. The molecule has 1 heterocycles. The van der Waals surface area contributed by atoms with Crippen LogP contribution in [0.2, 0.25) is 0 Å². The highest BCUT2D eigenvalue weighted by molar-refractivity contribution is 4.74. The molecule has 0 aromatic carbocycles. The van der Waals surface area contributed by atoms with Crippen molar-refractivity contribution in [1.29, 1.82) is 0 Å². The molecule has 84 valence electrons. The highest BCUT2D eigenvalue weighted by Crippen LogP contribution is 2.19. The normalized spacial score (nSPS) is 26.4. The van der Waals surface area contributed by atoms with E-state index in [-0.39, 0.29) is 0 Å². The highest BCUT2D eigenvalue weighted by Gasteiger charge is 2.20. The molecule has 1 fully saturated rings. The second kappa shape index (κ2) is 6.38. The van der Waals surface area contributed by atoms with E-state index in [2.05, 4.69) is 11.8 Å². The van der Waals surface area contributed by atoms with Gasteiger partial charge in [-0.2, -0.15) is 0 Å². The second-order valence-electron chi connectivity index (χ2n) is 4.39. The Morgan fingerprint density at radius 2 is 2.36 bits per heavy atom. The van der Waals surface area contributed by atoms with Crippen LogP contribution in [0.5, 0.6) is 0 Å². The van der Waals surface area contributed by atoms with E-state index in [4.69, 9.17) is 10.5 Å². The number of hydrogen-bond donors (Lipinski definition) is 1. The van der Waals surface area contributed by atoms with E-state index in [9.17, 15) is 0 Å². The predicted octanol–water partition coefficient (Wildman–Crippen LogP) is 1.08. The molecule has 3 heteroatoms. The van der Waals surface area contributed by atoms with Crippen LogP contribution in [0.25, 0.3) is 0 Å². The topological polar surface area (TPSA) is 38.5 Å². The summed E-state index contributed by atoms with van der Waals surface area (Å²) in [5.74, 6) is 0.817. The lowest BCUT2D eigenvalue weighted by Crippen LogP contribution is -2.40. The summed E-state index contributed by atoms with van der Waals surface area (Å²) in [4.78, 5) is 2.51. The molecular weight excluding hydrogens is 176 g/mol. The van der Waals surface area contributed by atoms with Crippen molar-refractivity contribution in [2.45, 2.75) is 32.3 Å². The second-order valence-corrected chi connectivity index (χ2v) is 4.39. The summed E-state index contributed by atoms with van der Waals surface area (Å²) in [7, 11) is 1.78. The number of methoxy groups -OCH3 is 1. The van der Waals surface area contributed by atoms with Gasteiger partial charge in [-0.25, -0.2) is 0 Å². The maximum atomic E-state index is 5.59. The third-order valence-electron chi connectivity index (χ3n) is 3.10. The fourth-order valence-electron chi connectivity index (χ4n) is 2.23. The molecule has 0 aromatic heterocycles. The Morgan fingerprint density at radius 3 is 3.00 bits per heavy atom. The lowest BCUT2D eigenvalue weighted by Gasteiger charge is -2.33. The first kappa shape index (κ1) is 12.0. The number of hydrogen-bond acceptors (Lipinski definition) is 3. The van der Waals surface area contributed by atoms with Crippen LogP contribution >= 0.6 is 0 Å². The lowest BCUT2D eigenvalue weighted by molar-refractivity contribution is 0.0585. The van der Waals surface area contributed by atoms with Gasteiger partial charge in [0.05, 0.1) is 6.10 Å². The van der Waals surface area contributed by atoms with Crippen molar-refractivity contribution >= 4 is 0 Å². The molecule has 14 heavy (non-hydrogen) atoms. The van der Waals surface area contributed by atoms with Crippen molar-refractivity contribution in [2.24, 2.45) is 11.7 Å². The van der Waals surface area contributed by atoms with Crippen LogP contribution in [0.4, 0.5) is 0 Å². The summed E-state index contributed by atoms with van der Waals surface area (Å²) < 4.78 is 5.28. The molecule has 3 nitrogen and oxygen atoms in total. The molecule has 2 atom stereocenters. The molecular formula is C11H24N2O. The largest absolute Gasteiger partial charge is 0.380 e. The molecule has 0 saturated carbocycles. The molecule has 0 aliphatic carbocycles. The SMILES string of the molecule is COC(C)CN1CCCC(CCN)C1. The van der Waals surface area contributed by atoms with Crippen LogP contribution in [-0.4, -0.2) is 44.3 Å². The van der Waals surface area contributed by atoms with Crippen molar-refractivity contribution in [3.63, 3.8) is 0 Å². The molecule has 0 spiro atoms. The van der Waals surface area contributed by atoms with E-state index in [0.29, 0.717) is 6.10 Å². The zero-order chi connectivity index (χ0) is 10.4. The summed E-state index contributed by atoms with van der Waals surface area (Å²) in [5.41, 5.74) is 5.59. The van der Waals surface area contributed by atoms with Crippen molar-refractivity contribution in [3.8, 4) is 0 Å². The zero-order valence-electron chi connectivity index (χ0n) is 9.54. The summed E-state index contributed by atoms with van der Waals surface area (Å²) in [6.45, 7) is 6.47. The Hall–Kier alpha value is -0.120. The quantitative estimate of drug-likeness (QED) is 0.722. The minimum atomic E-state index is 0.353. The van der Waals surface area contributed by atoms with E-state index in [1.807, 2.05) is 0 Å². The van der Waals surface area contributed by atoms with Gasteiger partial charge < -0.3 is 15.4 Å². The van der Waals surface area contributed by atoms with Gasteiger partial charge in [0.2, 0.25) is 0 Å². The highest BCUT2D eigenvalue weighted by atomic mass is 16.5. The van der Waals surface area contributed by atoms with E-state index < -0.39 is 0 Å². The number of ether oxygens (including phenoxy) is 1. The molecule has 1 aliphatic heterocycles. The number of nitrogens with zero attached hydrogens (tertiary/aromatic N) is 1. The molecule has 2 N–H and O–H groups in total. The summed E-state index contributed by atoms with van der Waals surface area (Å²) in [5, 5.41) is 0. The third kappa shape index (κ3) is 3.95. The average Bonchev–Trinajstić information content (AvgIpc) is 2.19. The Balaban J connectivity index is 2.25. The molecule has 0 aromatic rings. The van der Waals surface area contributed by atoms with Gasteiger partial charge >= 0.3 is 0 Å². The maximum Gasteiger partial charge on any atom is 0.0670 e. The summed E-state index contributed by atoms with van der Waals surface area (Å²) >= 11 is 0. The fourth-order valence-corrected chi connectivity index (χ4v) is 2.23. The van der Waals surface area contributed by atoms with Crippen LogP contribution in [0.3, 0.4) is 0 Å². The van der Waals surface area contributed by atoms with Crippen molar-refractivity contribution in [3.05, 3.63) is 0 Å². The Bertz CT molecular complexity index is 150. The number of nitrogens with two attached hydrogens (primary N) is 1. The Morgan fingerprint density at radius 1 is 1.57 bits per heavy atom. The van der Waals surface area contributed by atoms with Gasteiger partial charge in [0.1, 0.15) is 0 Å². The summed E-state index contributed by atoms with van der Waals surface area (Å²) in [6, 6.07) is 0. The van der Waals surface area contributed by atoms with Crippen LogP contribution in [0.15, 0.2) is 0 Å². The van der Waals surface area contributed by atoms with E-state index in [0.717, 1.165) is 19.0 Å². The van der Waals surface area contributed by atoms with Crippen LogP contribution < -0.4 is 5.73 Å². The molecule has 0 bridgehead atoms. The van der Waals surface area contributed by atoms with E-state index >= 15 is 0 Å². The standard InChI is InChI=1S/C11H24N2O/c1-10(14-2)8-13-7-3-4-11(9-13)5-6-12/h10-11H,3-9,12H2,1-2H3. The first-order valence-corrected chi connectivity index (χ1v) is 5.71. The van der Waals surface area contributed by atoms with Gasteiger partial charge in [0, 0.05) is 20.2 Å². The van der Waals surface area contributed by atoms with Crippen molar-refractivity contribution in [2.75, 3.05) is 33.3 Å². The number of piperidine rings is 1. The van der Waals surface area contributed by atoms with Gasteiger partial charge in [-0.1, -0.05) is 0 Å². The van der Waals surface area contributed by atoms with Gasteiger partial charge in [-0.05, 0) is 45.2 Å². The monoisotopic (exact) mass is 200 g/mol. The Labute approximate surface area is 87.6 Å². The van der Waals surface area contributed by atoms with E-state index in [1.165, 1.54) is 32.4 Å². The molecule has 1 aliphatic rings. The third-order valence-corrected chi connectivity index (χ3v) is 3.10. The van der Waals surface area contributed by atoms with Gasteiger partial charge in [0.15, 0.2) is 0 Å². The molecule has 0 amide bonds. The minimum Gasteiger partial charge on any atom is -0.380 e. The van der Waals surface area contributed by atoms with E-state index in [1.54, 1.807) is 7.11 Å². The van der Waals surface area contributed by atoms with Crippen molar-refractivity contribution < 1.29 is 4.74 Å². The van der Waals surface area contributed by atoms with Gasteiger partial charge in [-0.3, -0.25) is 0 Å². The summed E-state index contributed by atoms with van der Waals surface area (Å²) in [6.07, 6.45) is 4.21. The predicted molar refractivity (Wildman–Crippen MR) is 59.3 cm³/mol. The van der Waals surface area contributed by atoms with Crippen LogP contribution in [0.1, 0.15) is 26.2 Å². The molecule has 1 saturated heterocycles. The van der Waals surface area contributed by atoms with Crippen LogP contribution in [0, 0.1) is 5.92 Å². The molecule has 0 radical (unpaired) electrons. The van der Waals surface area contributed by atoms with Crippen LogP contribution in [-0.2, 0) is 4.74 Å². The Kier molecular flexibility index (Phi) is 5.45. The van der Waals surface area contributed by atoms with Gasteiger partial charge in [0.25, 0.3) is 0 Å². The zero-order valence-corrected chi connectivity index (χ0v) is 9.54. The number of likely N-dealkylation sites (tertiary alicyclic amines) is 1. The number of rotatable bonds is 5. The van der Waals surface area contributed by atoms with Gasteiger partial charge in [-0.15, -0.1) is 0 Å². The molecule has 2 unspecified atom stereocenters. The molecule has 1 rings (SSSR count).